The molecule has 6 heteroatoms. The van der Waals surface area contributed by atoms with Crippen molar-refractivity contribution in [2.24, 2.45) is 0 Å². The van der Waals surface area contributed by atoms with Crippen LogP contribution in [0.5, 0.6) is 0 Å². The summed E-state index contributed by atoms with van der Waals surface area (Å²) in [5.74, 6) is 0.190. The van der Waals surface area contributed by atoms with Crippen LogP contribution in [0.15, 0.2) is 18.2 Å². The summed E-state index contributed by atoms with van der Waals surface area (Å²) in [7, 11) is 0. The molecule has 1 atom stereocenters. The van der Waals surface area contributed by atoms with Gasteiger partial charge in [-0.05, 0) is 18.6 Å². The van der Waals surface area contributed by atoms with Crippen LogP contribution in [-0.4, -0.2) is 27.9 Å². The Labute approximate surface area is 105 Å². The molecule has 0 saturated carbocycles. The number of nitrogens with one attached hydrogen (secondary N) is 1. The number of nitrogens with two attached hydrogens (primary N) is 1. The lowest BCUT2D eigenvalue weighted by atomic mass is 10.1. The van der Waals surface area contributed by atoms with Gasteiger partial charge in [0, 0.05) is 0 Å². The van der Waals surface area contributed by atoms with Gasteiger partial charge < -0.3 is 11.1 Å². The van der Waals surface area contributed by atoms with Crippen LogP contribution in [0.4, 0.5) is 10.6 Å². The van der Waals surface area contributed by atoms with Gasteiger partial charge in [0.25, 0.3) is 5.91 Å². The molecule has 0 aromatic carbocycles. The second-order valence-electron chi connectivity index (χ2n) is 4.27. The maximum Gasteiger partial charge on any atom is 0.325 e. The standard InChI is InChI=1S/C12H16N4O2/c1-2-4-9-11(17)16(12(18)15-9)7-8-5-3-6-10(13)14-8/h3,5-6,9H,2,4,7H2,1H3,(H2,13,14)(H,15,18). The van der Waals surface area contributed by atoms with Gasteiger partial charge >= 0.3 is 6.03 Å². The highest BCUT2D eigenvalue weighted by molar-refractivity contribution is 6.04. The molecule has 0 spiro atoms. The van der Waals surface area contributed by atoms with Crippen molar-refractivity contribution < 1.29 is 9.59 Å². The highest BCUT2D eigenvalue weighted by atomic mass is 16.2. The first-order valence-corrected chi connectivity index (χ1v) is 5.95. The van der Waals surface area contributed by atoms with Gasteiger partial charge in [-0.3, -0.25) is 9.69 Å². The molecule has 6 nitrogen and oxygen atoms in total. The van der Waals surface area contributed by atoms with E-state index < -0.39 is 6.04 Å². The minimum absolute atomic E-state index is 0.163. The number of carbonyl (C=O) groups is 2. The summed E-state index contributed by atoms with van der Waals surface area (Å²) in [6, 6.07) is 4.39. The van der Waals surface area contributed by atoms with E-state index in [1.54, 1.807) is 18.2 Å². The summed E-state index contributed by atoms with van der Waals surface area (Å²) in [5.41, 5.74) is 6.17. The second-order valence-corrected chi connectivity index (χ2v) is 4.27. The Hall–Kier alpha value is -2.11. The van der Waals surface area contributed by atoms with E-state index in [1.807, 2.05) is 6.92 Å². The van der Waals surface area contributed by atoms with Gasteiger partial charge in [0.2, 0.25) is 0 Å². The van der Waals surface area contributed by atoms with Crippen molar-refractivity contribution in [3.05, 3.63) is 23.9 Å². The number of anilines is 1. The van der Waals surface area contributed by atoms with Gasteiger partial charge in [-0.1, -0.05) is 19.4 Å². The Kier molecular flexibility index (Phi) is 3.45. The fraction of sp³-hybridized carbons (Fsp3) is 0.417. The average Bonchev–Trinajstić information content (AvgIpc) is 2.58. The van der Waals surface area contributed by atoms with Crippen LogP contribution in [0.25, 0.3) is 0 Å². The molecule has 1 saturated heterocycles. The molecule has 96 valence electrons. The number of pyridine rings is 1. The van der Waals surface area contributed by atoms with Crippen LogP contribution < -0.4 is 11.1 Å². The minimum Gasteiger partial charge on any atom is -0.384 e. The first-order valence-electron chi connectivity index (χ1n) is 5.95. The molecule has 1 aliphatic heterocycles. The van der Waals surface area contributed by atoms with Gasteiger partial charge in [-0.2, -0.15) is 0 Å². The molecule has 1 aromatic heterocycles. The Balaban J connectivity index is 2.10. The van der Waals surface area contributed by atoms with E-state index in [2.05, 4.69) is 10.3 Å². The molecule has 1 aromatic rings. The number of rotatable bonds is 4. The number of imide groups is 1. The number of aromatic nitrogens is 1. The third-order valence-electron chi connectivity index (χ3n) is 2.83. The van der Waals surface area contributed by atoms with Crippen LogP contribution in [0.3, 0.4) is 0 Å². The molecular formula is C12H16N4O2. The number of hydrogen-bond acceptors (Lipinski definition) is 4. The molecule has 2 heterocycles. The van der Waals surface area contributed by atoms with Gasteiger partial charge in [-0.15, -0.1) is 0 Å². The van der Waals surface area contributed by atoms with Crippen LogP contribution in [-0.2, 0) is 11.3 Å². The SMILES string of the molecule is CCCC1NC(=O)N(Cc2cccc(N)n2)C1=O. The maximum absolute atomic E-state index is 12.0. The van der Waals surface area contributed by atoms with E-state index in [0.29, 0.717) is 17.9 Å². The fourth-order valence-electron chi connectivity index (χ4n) is 1.96. The van der Waals surface area contributed by atoms with Crippen molar-refractivity contribution in [3.8, 4) is 0 Å². The van der Waals surface area contributed by atoms with E-state index in [9.17, 15) is 9.59 Å². The molecule has 2 rings (SSSR count). The molecular weight excluding hydrogens is 232 g/mol. The average molecular weight is 248 g/mol. The highest BCUT2D eigenvalue weighted by Gasteiger charge is 2.37. The molecule has 0 radical (unpaired) electrons. The van der Waals surface area contributed by atoms with Gasteiger partial charge in [-0.25, -0.2) is 9.78 Å². The van der Waals surface area contributed by atoms with Crippen molar-refractivity contribution in [2.45, 2.75) is 32.4 Å². The number of nitrogen functional groups attached to an aromatic ring is 1. The van der Waals surface area contributed by atoms with Crippen molar-refractivity contribution in [2.75, 3.05) is 5.73 Å². The monoisotopic (exact) mass is 248 g/mol. The van der Waals surface area contributed by atoms with Crippen LogP contribution in [0, 0.1) is 0 Å². The molecule has 3 N–H and O–H groups in total. The summed E-state index contributed by atoms with van der Waals surface area (Å²) < 4.78 is 0. The molecule has 18 heavy (non-hydrogen) atoms. The zero-order valence-electron chi connectivity index (χ0n) is 10.2. The Morgan fingerprint density at radius 2 is 2.22 bits per heavy atom. The van der Waals surface area contributed by atoms with Gasteiger partial charge in [0.15, 0.2) is 0 Å². The molecule has 0 aliphatic carbocycles. The van der Waals surface area contributed by atoms with Crippen LogP contribution >= 0.6 is 0 Å². The molecule has 1 unspecified atom stereocenters. The van der Waals surface area contributed by atoms with Crippen molar-refractivity contribution in [1.82, 2.24) is 15.2 Å². The highest BCUT2D eigenvalue weighted by Crippen LogP contribution is 2.14. The maximum atomic E-state index is 12.0. The number of nitrogens with zero attached hydrogens (tertiary/aromatic N) is 2. The molecule has 1 fully saturated rings. The smallest absolute Gasteiger partial charge is 0.325 e. The molecule has 3 amide bonds. The van der Waals surface area contributed by atoms with Gasteiger partial charge in [0.1, 0.15) is 11.9 Å². The van der Waals surface area contributed by atoms with E-state index in [-0.39, 0.29) is 18.5 Å². The topological polar surface area (TPSA) is 88.3 Å². The summed E-state index contributed by atoms with van der Waals surface area (Å²) >= 11 is 0. The van der Waals surface area contributed by atoms with Crippen molar-refractivity contribution in [1.29, 1.82) is 0 Å². The lowest BCUT2D eigenvalue weighted by molar-refractivity contribution is -0.128. The lowest BCUT2D eigenvalue weighted by Crippen LogP contribution is -2.31. The largest absolute Gasteiger partial charge is 0.384 e. The normalized spacial score (nSPS) is 19.2. The number of urea groups is 1. The predicted octanol–water partition coefficient (Wildman–Crippen LogP) is 0.884. The second kappa shape index (κ2) is 5.03. The van der Waals surface area contributed by atoms with Crippen molar-refractivity contribution in [3.63, 3.8) is 0 Å². The van der Waals surface area contributed by atoms with Crippen LogP contribution in [0.2, 0.25) is 0 Å². The quantitative estimate of drug-likeness (QED) is 0.774. The zero-order chi connectivity index (χ0) is 13.1. The molecule has 0 bridgehead atoms. The first-order chi connectivity index (χ1) is 8.61. The summed E-state index contributed by atoms with van der Waals surface area (Å²) in [4.78, 5) is 28.9. The third-order valence-corrected chi connectivity index (χ3v) is 2.83. The van der Waals surface area contributed by atoms with E-state index in [1.165, 1.54) is 4.90 Å². The number of hydrogen-bond donors (Lipinski definition) is 2. The van der Waals surface area contributed by atoms with E-state index >= 15 is 0 Å². The number of carbonyl (C=O) groups excluding carboxylic acids is 2. The Bertz CT molecular complexity index is 475. The summed E-state index contributed by atoms with van der Waals surface area (Å²) in [6.45, 7) is 2.14. The Morgan fingerprint density at radius 3 is 2.89 bits per heavy atom. The number of amides is 3. The third kappa shape index (κ3) is 2.42. The minimum atomic E-state index is -0.399. The van der Waals surface area contributed by atoms with Crippen LogP contribution in [0.1, 0.15) is 25.5 Å². The van der Waals surface area contributed by atoms with E-state index in [0.717, 1.165) is 6.42 Å². The predicted molar refractivity (Wildman–Crippen MR) is 66.4 cm³/mol. The van der Waals surface area contributed by atoms with E-state index in [4.69, 9.17) is 5.73 Å². The fourth-order valence-corrected chi connectivity index (χ4v) is 1.96. The van der Waals surface area contributed by atoms with Gasteiger partial charge in [0.05, 0.1) is 12.2 Å². The Morgan fingerprint density at radius 1 is 1.44 bits per heavy atom. The molecule has 1 aliphatic rings. The van der Waals surface area contributed by atoms with Crippen molar-refractivity contribution >= 4 is 17.8 Å². The zero-order valence-corrected chi connectivity index (χ0v) is 10.2. The lowest BCUT2D eigenvalue weighted by Gasteiger charge is -2.12. The first kappa shape index (κ1) is 12.3. The summed E-state index contributed by atoms with van der Waals surface area (Å²) in [5, 5.41) is 2.67. The summed E-state index contributed by atoms with van der Waals surface area (Å²) in [6.07, 6.45) is 1.51.